The molecule has 0 radical (unpaired) electrons. The summed E-state index contributed by atoms with van der Waals surface area (Å²) in [5, 5.41) is 11.4. The van der Waals surface area contributed by atoms with Crippen molar-refractivity contribution in [2.45, 2.75) is 77.4 Å². The van der Waals surface area contributed by atoms with Gasteiger partial charge in [0.25, 0.3) is 11.8 Å². The van der Waals surface area contributed by atoms with E-state index in [0.29, 0.717) is 16.8 Å². The molecular weight excluding hydrogens is 485 g/mol. The van der Waals surface area contributed by atoms with Crippen molar-refractivity contribution in [3.8, 4) is 0 Å². The standard InChI is InChI=1S/C30H36FN3O4/c1-4-5-24(20-6-8-22(9-7-20)27(37)32-19-14-25(35)36)34-28(38)26(21-10-12-23(31)13-11-21)33-30(34)17-15-29(2,3)16-18-30/h6-13,24H,4-5,14-19H2,1-3H3,(H,32,37)(H,35,36)/t24-/m1/s1. The number of rotatable bonds is 9. The highest BCUT2D eigenvalue weighted by Crippen LogP contribution is 2.49. The van der Waals surface area contributed by atoms with Crippen LogP contribution in [0.1, 0.15) is 93.2 Å². The summed E-state index contributed by atoms with van der Waals surface area (Å²) in [4.78, 5) is 44.3. The number of carbonyl (C=O) groups is 3. The molecule has 2 amide bonds. The van der Waals surface area contributed by atoms with Crippen molar-refractivity contribution in [2.75, 3.05) is 6.54 Å². The molecule has 2 N–H and O–H groups in total. The van der Waals surface area contributed by atoms with Gasteiger partial charge in [-0.2, -0.15) is 0 Å². The first-order chi connectivity index (χ1) is 18.0. The minimum Gasteiger partial charge on any atom is -0.481 e. The number of carbonyl (C=O) groups excluding carboxylic acids is 2. The van der Waals surface area contributed by atoms with E-state index < -0.39 is 11.6 Å². The molecular formula is C30H36FN3O4. The third kappa shape index (κ3) is 5.79. The molecule has 38 heavy (non-hydrogen) atoms. The van der Waals surface area contributed by atoms with Gasteiger partial charge < -0.3 is 15.3 Å². The number of carboxylic acid groups (broad SMARTS) is 1. The fraction of sp³-hybridized carbons (Fsp3) is 0.467. The first-order valence-electron chi connectivity index (χ1n) is 13.3. The number of amides is 2. The van der Waals surface area contributed by atoms with Crippen LogP contribution in [0.4, 0.5) is 4.39 Å². The van der Waals surface area contributed by atoms with Crippen molar-refractivity contribution in [3.05, 3.63) is 71.0 Å². The summed E-state index contributed by atoms with van der Waals surface area (Å²) < 4.78 is 13.6. The average Bonchev–Trinajstić information content (AvgIpc) is 3.16. The topological polar surface area (TPSA) is 99.1 Å². The van der Waals surface area contributed by atoms with E-state index in [-0.39, 0.29) is 42.1 Å². The predicted octanol–water partition coefficient (Wildman–Crippen LogP) is 5.50. The monoisotopic (exact) mass is 521 g/mol. The zero-order chi connectivity index (χ0) is 27.5. The first-order valence-corrected chi connectivity index (χ1v) is 13.3. The molecule has 1 fully saturated rings. The Morgan fingerprint density at radius 1 is 1.05 bits per heavy atom. The second-order valence-electron chi connectivity index (χ2n) is 11.1. The summed E-state index contributed by atoms with van der Waals surface area (Å²) in [6.45, 7) is 6.62. The number of aliphatic imine (C=N–C) groups is 1. The van der Waals surface area contributed by atoms with Crippen LogP contribution in [0.25, 0.3) is 0 Å². The Kier molecular flexibility index (Phi) is 7.99. The van der Waals surface area contributed by atoms with E-state index in [2.05, 4.69) is 26.1 Å². The molecule has 202 valence electrons. The second-order valence-corrected chi connectivity index (χ2v) is 11.1. The largest absolute Gasteiger partial charge is 0.481 e. The number of hydrogen-bond acceptors (Lipinski definition) is 4. The van der Waals surface area contributed by atoms with Crippen LogP contribution in [0.15, 0.2) is 53.5 Å². The molecule has 0 unspecified atom stereocenters. The highest BCUT2D eigenvalue weighted by molar-refractivity contribution is 6.46. The predicted molar refractivity (Wildman–Crippen MR) is 143 cm³/mol. The molecule has 1 heterocycles. The van der Waals surface area contributed by atoms with Crippen LogP contribution in [0.2, 0.25) is 0 Å². The molecule has 1 saturated carbocycles. The molecule has 0 saturated heterocycles. The second kappa shape index (κ2) is 11.1. The Morgan fingerprint density at radius 3 is 2.26 bits per heavy atom. The van der Waals surface area contributed by atoms with Gasteiger partial charge in [-0.05, 0) is 79.5 Å². The van der Waals surface area contributed by atoms with Crippen molar-refractivity contribution in [3.63, 3.8) is 0 Å². The van der Waals surface area contributed by atoms with E-state index >= 15 is 0 Å². The number of benzene rings is 2. The van der Waals surface area contributed by atoms with Gasteiger partial charge in [0.1, 0.15) is 17.2 Å². The highest BCUT2D eigenvalue weighted by atomic mass is 19.1. The lowest BCUT2D eigenvalue weighted by Gasteiger charge is -2.47. The molecule has 0 bridgehead atoms. The summed E-state index contributed by atoms with van der Waals surface area (Å²) in [6.07, 6.45) is 4.80. The molecule has 2 aliphatic rings. The number of hydrogen-bond donors (Lipinski definition) is 2. The van der Waals surface area contributed by atoms with Crippen LogP contribution >= 0.6 is 0 Å². The minimum atomic E-state index is -0.972. The minimum absolute atomic E-state index is 0.0546. The summed E-state index contributed by atoms with van der Waals surface area (Å²) in [6, 6.07) is 12.9. The van der Waals surface area contributed by atoms with Crippen LogP contribution in [-0.2, 0) is 9.59 Å². The van der Waals surface area contributed by atoms with E-state index in [4.69, 9.17) is 10.1 Å². The third-order valence-corrected chi connectivity index (χ3v) is 7.77. The summed E-state index contributed by atoms with van der Waals surface area (Å²) in [5.41, 5.74) is 1.85. The van der Waals surface area contributed by atoms with Crippen LogP contribution in [0, 0.1) is 11.2 Å². The van der Waals surface area contributed by atoms with Crippen molar-refractivity contribution in [1.82, 2.24) is 10.2 Å². The maximum absolute atomic E-state index is 14.1. The summed E-state index contributed by atoms with van der Waals surface area (Å²) in [5.74, 6) is -1.82. The van der Waals surface area contributed by atoms with E-state index in [1.165, 1.54) is 12.1 Å². The molecule has 2 aromatic rings. The molecule has 0 aromatic heterocycles. The number of carboxylic acids is 1. The fourth-order valence-corrected chi connectivity index (χ4v) is 5.48. The molecule has 1 aliphatic carbocycles. The van der Waals surface area contributed by atoms with E-state index in [1.54, 1.807) is 24.3 Å². The zero-order valence-electron chi connectivity index (χ0n) is 22.3. The zero-order valence-corrected chi connectivity index (χ0v) is 22.3. The lowest BCUT2D eigenvalue weighted by molar-refractivity contribution is -0.137. The third-order valence-electron chi connectivity index (χ3n) is 7.77. The number of nitrogens with zero attached hydrogens (tertiary/aromatic N) is 2. The van der Waals surface area contributed by atoms with E-state index in [9.17, 15) is 18.8 Å². The number of aliphatic carboxylic acids is 1. The van der Waals surface area contributed by atoms with Crippen molar-refractivity contribution < 1.29 is 23.9 Å². The Balaban J connectivity index is 1.66. The van der Waals surface area contributed by atoms with Gasteiger partial charge in [0, 0.05) is 17.7 Å². The average molecular weight is 522 g/mol. The normalized spacial score (nSPS) is 18.8. The van der Waals surface area contributed by atoms with Crippen molar-refractivity contribution >= 4 is 23.5 Å². The number of halogens is 1. The van der Waals surface area contributed by atoms with Gasteiger partial charge in [0.2, 0.25) is 0 Å². The van der Waals surface area contributed by atoms with Crippen LogP contribution < -0.4 is 5.32 Å². The lowest BCUT2D eigenvalue weighted by Crippen LogP contribution is -2.51. The van der Waals surface area contributed by atoms with Gasteiger partial charge in [-0.15, -0.1) is 0 Å². The van der Waals surface area contributed by atoms with Crippen molar-refractivity contribution in [2.24, 2.45) is 10.4 Å². The van der Waals surface area contributed by atoms with Crippen LogP contribution in [-0.4, -0.2) is 45.7 Å². The molecule has 4 rings (SSSR count). The van der Waals surface area contributed by atoms with Gasteiger partial charge in [0.05, 0.1) is 12.5 Å². The Labute approximate surface area is 223 Å². The molecule has 2 aromatic carbocycles. The quantitative estimate of drug-likeness (QED) is 0.455. The Morgan fingerprint density at radius 2 is 1.68 bits per heavy atom. The molecule has 1 spiro atoms. The van der Waals surface area contributed by atoms with Crippen molar-refractivity contribution in [1.29, 1.82) is 0 Å². The van der Waals surface area contributed by atoms with Crippen LogP contribution in [0.3, 0.4) is 0 Å². The Hall–Kier alpha value is -3.55. The fourth-order valence-electron chi connectivity index (χ4n) is 5.48. The molecule has 8 heteroatoms. The maximum Gasteiger partial charge on any atom is 0.305 e. The van der Waals surface area contributed by atoms with Gasteiger partial charge in [-0.25, -0.2) is 4.39 Å². The molecule has 1 atom stereocenters. The Bertz CT molecular complexity index is 1210. The van der Waals surface area contributed by atoms with Gasteiger partial charge >= 0.3 is 5.97 Å². The van der Waals surface area contributed by atoms with E-state index in [1.807, 2.05) is 17.0 Å². The first kappa shape index (κ1) is 27.5. The molecule has 1 aliphatic heterocycles. The van der Waals surface area contributed by atoms with Gasteiger partial charge in [0.15, 0.2) is 0 Å². The molecule has 7 nitrogen and oxygen atoms in total. The number of nitrogens with one attached hydrogen (secondary N) is 1. The lowest BCUT2D eigenvalue weighted by atomic mass is 9.72. The van der Waals surface area contributed by atoms with Gasteiger partial charge in [-0.1, -0.05) is 39.3 Å². The SMILES string of the molecule is CCC[C@H](c1ccc(C(=O)NCCC(=O)O)cc1)N1C(=O)C(c2ccc(F)cc2)=NC12CCC(C)(C)CC2. The van der Waals surface area contributed by atoms with Crippen LogP contribution in [0.5, 0.6) is 0 Å². The summed E-state index contributed by atoms with van der Waals surface area (Å²) in [7, 11) is 0. The smallest absolute Gasteiger partial charge is 0.305 e. The maximum atomic E-state index is 14.1. The highest BCUT2D eigenvalue weighted by Gasteiger charge is 2.52. The van der Waals surface area contributed by atoms with E-state index in [0.717, 1.165) is 44.1 Å². The summed E-state index contributed by atoms with van der Waals surface area (Å²) >= 11 is 0. The van der Waals surface area contributed by atoms with Gasteiger partial charge in [-0.3, -0.25) is 19.4 Å².